The summed E-state index contributed by atoms with van der Waals surface area (Å²) in [6, 6.07) is -0.629. The first kappa shape index (κ1) is 10.7. The molecule has 11 heavy (non-hydrogen) atoms. The second-order valence-corrected chi connectivity index (χ2v) is 2.31. The highest BCUT2D eigenvalue weighted by molar-refractivity contribution is 7.80. The predicted molar refractivity (Wildman–Crippen MR) is 44.7 cm³/mol. The summed E-state index contributed by atoms with van der Waals surface area (Å²) >= 11 is 3.84. The Morgan fingerprint density at radius 3 is 2.73 bits per heavy atom. The molecular formula is C6H13NO3S. The highest BCUT2D eigenvalue weighted by Crippen LogP contribution is 1.88. The molecule has 0 aromatic heterocycles. The lowest BCUT2D eigenvalue weighted by Crippen LogP contribution is -2.34. The fourth-order valence-electron chi connectivity index (χ4n) is 0.407. The monoisotopic (exact) mass is 179 g/mol. The lowest BCUT2D eigenvalue weighted by atomic mass is 10.4. The number of hydrogen-bond donors (Lipinski definition) is 2. The fraction of sp³-hybridized carbons (Fsp3) is 0.833. The number of thiol groups is 1. The van der Waals surface area contributed by atoms with Gasteiger partial charge in [0.05, 0.1) is 6.61 Å². The van der Waals surface area contributed by atoms with Crippen LogP contribution >= 0.6 is 12.6 Å². The minimum absolute atomic E-state index is 0.247. The van der Waals surface area contributed by atoms with Gasteiger partial charge in [0.2, 0.25) is 0 Å². The van der Waals surface area contributed by atoms with E-state index >= 15 is 0 Å². The van der Waals surface area contributed by atoms with Crippen LogP contribution in [0.3, 0.4) is 0 Å². The van der Waals surface area contributed by atoms with Gasteiger partial charge in [-0.25, -0.2) is 0 Å². The van der Waals surface area contributed by atoms with E-state index < -0.39 is 12.0 Å². The van der Waals surface area contributed by atoms with Gasteiger partial charge in [-0.05, 0) is 0 Å². The SMILES string of the molecule is COCCOC(=O)[C@@H](N)CS. The van der Waals surface area contributed by atoms with Crippen molar-refractivity contribution in [3.63, 3.8) is 0 Å². The summed E-state index contributed by atoms with van der Waals surface area (Å²) in [5.41, 5.74) is 5.31. The molecule has 0 saturated carbocycles. The Morgan fingerprint density at radius 1 is 1.64 bits per heavy atom. The fourth-order valence-corrected chi connectivity index (χ4v) is 0.556. The van der Waals surface area contributed by atoms with E-state index in [1.165, 1.54) is 7.11 Å². The van der Waals surface area contributed by atoms with Gasteiger partial charge in [-0.1, -0.05) is 0 Å². The van der Waals surface area contributed by atoms with E-state index in [2.05, 4.69) is 17.4 Å². The quantitative estimate of drug-likeness (QED) is 0.337. The molecular weight excluding hydrogens is 166 g/mol. The van der Waals surface area contributed by atoms with Crippen molar-refractivity contribution < 1.29 is 14.3 Å². The van der Waals surface area contributed by atoms with Crippen molar-refractivity contribution in [1.29, 1.82) is 0 Å². The minimum atomic E-state index is -0.629. The number of carbonyl (C=O) groups excluding carboxylic acids is 1. The molecule has 0 radical (unpaired) electrons. The van der Waals surface area contributed by atoms with Gasteiger partial charge >= 0.3 is 5.97 Å². The summed E-state index contributed by atoms with van der Waals surface area (Å²) in [7, 11) is 1.53. The van der Waals surface area contributed by atoms with Crippen LogP contribution in [-0.2, 0) is 14.3 Å². The van der Waals surface area contributed by atoms with Crippen molar-refractivity contribution in [2.45, 2.75) is 6.04 Å². The largest absolute Gasteiger partial charge is 0.462 e. The van der Waals surface area contributed by atoms with Crippen LogP contribution in [0.4, 0.5) is 0 Å². The molecule has 0 aliphatic rings. The molecule has 5 heteroatoms. The van der Waals surface area contributed by atoms with Gasteiger partial charge in [0.25, 0.3) is 0 Å². The average Bonchev–Trinajstić information content (AvgIpc) is 2.03. The second-order valence-electron chi connectivity index (χ2n) is 1.95. The molecule has 0 aliphatic heterocycles. The zero-order chi connectivity index (χ0) is 8.69. The van der Waals surface area contributed by atoms with Crippen LogP contribution in [0.15, 0.2) is 0 Å². The Labute approximate surface area is 71.4 Å². The Kier molecular flexibility index (Phi) is 6.30. The Morgan fingerprint density at radius 2 is 2.27 bits per heavy atom. The molecule has 0 saturated heterocycles. The van der Waals surface area contributed by atoms with Crippen LogP contribution in [0.25, 0.3) is 0 Å². The van der Waals surface area contributed by atoms with E-state index in [0.717, 1.165) is 0 Å². The first-order valence-electron chi connectivity index (χ1n) is 3.24. The zero-order valence-electron chi connectivity index (χ0n) is 6.45. The summed E-state index contributed by atoms with van der Waals surface area (Å²) in [5, 5.41) is 0. The van der Waals surface area contributed by atoms with Crippen molar-refractivity contribution in [3.05, 3.63) is 0 Å². The van der Waals surface area contributed by atoms with E-state index in [1.807, 2.05) is 0 Å². The third-order valence-corrected chi connectivity index (χ3v) is 1.42. The van der Waals surface area contributed by atoms with Crippen LogP contribution in [0.1, 0.15) is 0 Å². The maximum Gasteiger partial charge on any atom is 0.323 e. The van der Waals surface area contributed by atoms with Gasteiger partial charge in [-0.15, -0.1) is 0 Å². The highest BCUT2D eigenvalue weighted by atomic mass is 32.1. The number of ether oxygens (including phenoxy) is 2. The smallest absolute Gasteiger partial charge is 0.323 e. The predicted octanol–water partition coefficient (Wildman–Crippen LogP) is -0.567. The van der Waals surface area contributed by atoms with Crippen LogP contribution in [-0.4, -0.2) is 38.1 Å². The van der Waals surface area contributed by atoms with Gasteiger partial charge < -0.3 is 15.2 Å². The molecule has 0 amide bonds. The molecule has 0 rings (SSSR count). The molecule has 0 fully saturated rings. The molecule has 0 heterocycles. The number of methoxy groups -OCH3 is 1. The molecule has 1 atom stereocenters. The average molecular weight is 179 g/mol. The zero-order valence-corrected chi connectivity index (χ0v) is 7.34. The third kappa shape index (κ3) is 5.06. The summed E-state index contributed by atoms with van der Waals surface area (Å²) in [6.07, 6.45) is 0. The van der Waals surface area contributed by atoms with E-state index in [9.17, 15) is 4.79 Å². The van der Waals surface area contributed by atoms with Crippen molar-refractivity contribution in [2.75, 3.05) is 26.1 Å². The Bertz CT molecular complexity index is 120. The van der Waals surface area contributed by atoms with Crippen LogP contribution < -0.4 is 5.73 Å². The van der Waals surface area contributed by atoms with Gasteiger partial charge in [-0.3, -0.25) is 4.79 Å². The van der Waals surface area contributed by atoms with Crippen LogP contribution in [0.2, 0.25) is 0 Å². The number of esters is 1. The summed E-state index contributed by atoms with van der Waals surface area (Å²) in [6.45, 7) is 0.641. The second kappa shape index (κ2) is 6.45. The summed E-state index contributed by atoms with van der Waals surface area (Å²) in [4.78, 5) is 10.8. The minimum Gasteiger partial charge on any atom is -0.462 e. The molecule has 0 spiro atoms. The molecule has 0 bridgehead atoms. The maximum atomic E-state index is 10.8. The summed E-state index contributed by atoms with van der Waals surface area (Å²) in [5.74, 6) is -0.136. The number of nitrogens with two attached hydrogens (primary N) is 1. The highest BCUT2D eigenvalue weighted by Gasteiger charge is 2.11. The maximum absolute atomic E-state index is 10.8. The lowest BCUT2D eigenvalue weighted by molar-refractivity contribution is -0.145. The van der Waals surface area contributed by atoms with Crippen molar-refractivity contribution in [1.82, 2.24) is 0 Å². The van der Waals surface area contributed by atoms with Crippen LogP contribution in [0, 0.1) is 0 Å². The van der Waals surface area contributed by atoms with Gasteiger partial charge in [-0.2, -0.15) is 12.6 Å². The normalized spacial score (nSPS) is 12.6. The first-order chi connectivity index (χ1) is 5.22. The number of carbonyl (C=O) groups is 1. The number of hydrogen-bond acceptors (Lipinski definition) is 5. The topological polar surface area (TPSA) is 61.5 Å². The molecule has 66 valence electrons. The Balaban J connectivity index is 3.36. The third-order valence-electron chi connectivity index (χ3n) is 1.03. The van der Waals surface area contributed by atoms with E-state index in [-0.39, 0.29) is 6.61 Å². The van der Waals surface area contributed by atoms with E-state index in [1.54, 1.807) is 0 Å². The van der Waals surface area contributed by atoms with Gasteiger partial charge in [0.15, 0.2) is 0 Å². The van der Waals surface area contributed by atoms with Crippen LogP contribution in [0.5, 0.6) is 0 Å². The molecule has 4 nitrogen and oxygen atoms in total. The summed E-state index contributed by atoms with van der Waals surface area (Å²) < 4.78 is 9.37. The van der Waals surface area contributed by atoms with E-state index in [4.69, 9.17) is 10.5 Å². The van der Waals surface area contributed by atoms with E-state index in [0.29, 0.717) is 12.4 Å². The number of rotatable bonds is 5. The molecule has 0 aliphatic carbocycles. The first-order valence-corrected chi connectivity index (χ1v) is 3.87. The Hall–Kier alpha value is -0.260. The van der Waals surface area contributed by atoms with Crippen molar-refractivity contribution in [3.8, 4) is 0 Å². The van der Waals surface area contributed by atoms with Gasteiger partial charge in [0, 0.05) is 12.9 Å². The van der Waals surface area contributed by atoms with Gasteiger partial charge in [0.1, 0.15) is 12.6 Å². The molecule has 0 unspecified atom stereocenters. The van der Waals surface area contributed by atoms with Crippen molar-refractivity contribution in [2.24, 2.45) is 5.73 Å². The van der Waals surface area contributed by atoms with Crippen molar-refractivity contribution >= 4 is 18.6 Å². The standard InChI is InChI=1S/C6H13NO3S/c1-9-2-3-10-6(8)5(7)4-11/h5,11H,2-4,7H2,1H3/t5-/m0/s1. The molecule has 0 aromatic carbocycles. The molecule has 0 aromatic rings. The molecule has 2 N–H and O–H groups in total. The lowest BCUT2D eigenvalue weighted by Gasteiger charge is -2.07.